The standard InChI is InChI=1S/C30H28N6O4S2/c1-16(2)17-9-11-18(12-10-17)25-21(14-31)27(32)36(22-7-4-8-23(37)26(22)25)29-34-35-30(42-29)41-15-24(38)33-20-6-3-5-19(13-20)28(39)40/h3,5-6,9-13,16,25H,4,7-8,15,32H2,1-2H3,(H,33,38)(H,39,40). The summed E-state index contributed by atoms with van der Waals surface area (Å²) in [6.07, 6.45) is 1.65. The van der Waals surface area contributed by atoms with Gasteiger partial charge in [-0.15, -0.1) is 10.2 Å². The number of carbonyl (C=O) groups excluding carboxylic acids is 2. The number of aromatic nitrogens is 2. The number of nitrogens with two attached hydrogens (primary N) is 1. The molecule has 10 nitrogen and oxygen atoms in total. The minimum atomic E-state index is -1.08. The number of nitrogens with zero attached hydrogens (tertiary/aromatic N) is 4. The van der Waals surface area contributed by atoms with Gasteiger partial charge >= 0.3 is 5.97 Å². The fourth-order valence-corrected chi connectivity index (χ4v) is 6.80. The smallest absolute Gasteiger partial charge is 0.335 e. The van der Waals surface area contributed by atoms with Crippen LogP contribution in [0.1, 0.15) is 66.4 Å². The van der Waals surface area contributed by atoms with Crippen LogP contribution in [-0.4, -0.2) is 38.7 Å². The van der Waals surface area contributed by atoms with Crippen molar-refractivity contribution in [2.24, 2.45) is 5.73 Å². The fraction of sp³-hybridized carbons (Fsp3) is 0.267. The molecule has 0 bridgehead atoms. The molecule has 1 amide bonds. The lowest BCUT2D eigenvalue weighted by Crippen LogP contribution is -2.38. The lowest BCUT2D eigenvalue weighted by atomic mass is 9.75. The first kappa shape index (κ1) is 29.0. The highest BCUT2D eigenvalue weighted by atomic mass is 32.2. The SMILES string of the molecule is CC(C)c1ccc(C2C(C#N)=C(N)N(c3nnc(SCC(=O)Nc4cccc(C(=O)O)c4)s3)C3=C2C(=O)CCC3)cc1. The van der Waals surface area contributed by atoms with Gasteiger partial charge in [-0.3, -0.25) is 14.5 Å². The number of carboxylic acid groups (broad SMARTS) is 1. The normalized spacial score (nSPS) is 16.9. The number of rotatable bonds is 8. The van der Waals surface area contributed by atoms with E-state index in [2.05, 4.69) is 35.4 Å². The Balaban J connectivity index is 1.39. The topological polar surface area (TPSA) is 162 Å². The van der Waals surface area contributed by atoms with E-state index in [9.17, 15) is 19.6 Å². The molecule has 2 aliphatic rings. The zero-order valence-electron chi connectivity index (χ0n) is 23.0. The Kier molecular flexibility index (Phi) is 8.42. The average Bonchev–Trinajstić information content (AvgIpc) is 3.44. The molecule has 1 atom stereocenters. The van der Waals surface area contributed by atoms with Crippen molar-refractivity contribution in [3.05, 3.63) is 87.9 Å². The number of nitriles is 1. The molecular weight excluding hydrogens is 573 g/mol. The highest BCUT2D eigenvalue weighted by molar-refractivity contribution is 8.01. The summed E-state index contributed by atoms with van der Waals surface area (Å²) in [6.45, 7) is 4.22. The van der Waals surface area contributed by atoms with Crippen molar-refractivity contribution in [1.82, 2.24) is 10.2 Å². The van der Waals surface area contributed by atoms with Crippen molar-refractivity contribution in [3.63, 3.8) is 0 Å². The second kappa shape index (κ2) is 12.2. The van der Waals surface area contributed by atoms with Gasteiger partial charge in [-0.25, -0.2) is 4.79 Å². The number of amides is 1. The van der Waals surface area contributed by atoms with E-state index in [-0.39, 0.29) is 34.4 Å². The quantitative estimate of drug-likeness (QED) is 0.286. The van der Waals surface area contributed by atoms with Gasteiger partial charge < -0.3 is 16.2 Å². The summed E-state index contributed by atoms with van der Waals surface area (Å²) < 4.78 is 0.501. The van der Waals surface area contributed by atoms with Gasteiger partial charge in [-0.05, 0) is 48.1 Å². The number of benzene rings is 2. The molecule has 1 aliphatic heterocycles. The van der Waals surface area contributed by atoms with Crippen molar-refractivity contribution in [2.75, 3.05) is 16.0 Å². The summed E-state index contributed by atoms with van der Waals surface area (Å²) in [7, 11) is 0. The number of allylic oxidation sites excluding steroid dienone is 3. The number of ketones is 1. The second-order valence-electron chi connectivity index (χ2n) is 10.2. The lowest BCUT2D eigenvalue weighted by Gasteiger charge is -2.38. The van der Waals surface area contributed by atoms with E-state index in [1.54, 1.807) is 17.0 Å². The van der Waals surface area contributed by atoms with E-state index < -0.39 is 11.9 Å². The number of nitrogens with one attached hydrogen (secondary N) is 1. The predicted molar refractivity (Wildman–Crippen MR) is 161 cm³/mol. The van der Waals surface area contributed by atoms with Gasteiger partial charge in [0.1, 0.15) is 5.82 Å². The minimum Gasteiger partial charge on any atom is -0.478 e. The molecule has 12 heteroatoms. The molecule has 1 aromatic heterocycles. The fourth-order valence-electron chi connectivity index (χ4n) is 5.12. The zero-order chi connectivity index (χ0) is 30.0. The maximum absolute atomic E-state index is 13.4. The third kappa shape index (κ3) is 5.79. The van der Waals surface area contributed by atoms with E-state index in [1.807, 2.05) is 24.3 Å². The summed E-state index contributed by atoms with van der Waals surface area (Å²) >= 11 is 2.38. The number of carbonyl (C=O) groups is 3. The van der Waals surface area contributed by atoms with Crippen molar-refractivity contribution in [3.8, 4) is 6.07 Å². The molecule has 214 valence electrons. The lowest BCUT2D eigenvalue weighted by molar-refractivity contribution is -0.116. The van der Waals surface area contributed by atoms with E-state index in [1.165, 1.54) is 35.2 Å². The van der Waals surface area contributed by atoms with Crippen LogP contribution in [0.15, 0.2) is 75.5 Å². The Morgan fingerprint density at radius 3 is 2.67 bits per heavy atom. The maximum atomic E-state index is 13.4. The average molecular weight is 601 g/mol. The Hall–Kier alpha value is -4.47. The molecule has 0 spiro atoms. The van der Waals surface area contributed by atoms with Crippen molar-refractivity contribution in [1.29, 1.82) is 5.26 Å². The third-order valence-corrected chi connectivity index (χ3v) is 9.20. The molecule has 0 fully saturated rings. The molecule has 0 saturated carbocycles. The summed E-state index contributed by atoms with van der Waals surface area (Å²) in [5.74, 6) is -1.41. The third-order valence-electron chi connectivity index (χ3n) is 7.16. The van der Waals surface area contributed by atoms with Crippen LogP contribution in [-0.2, 0) is 9.59 Å². The molecule has 42 heavy (non-hydrogen) atoms. The summed E-state index contributed by atoms with van der Waals surface area (Å²) in [5.41, 5.74) is 10.7. The first-order valence-corrected chi connectivity index (χ1v) is 15.1. The van der Waals surface area contributed by atoms with Gasteiger partial charge in [0.2, 0.25) is 11.0 Å². The van der Waals surface area contributed by atoms with Crippen LogP contribution in [0.3, 0.4) is 0 Å². The molecule has 1 unspecified atom stereocenters. The van der Waals surface area contributed by atoms with Crippen LogP contribution in [0.25, 0.3) is 0 Å². The van der Waals surface area contributed by atoms with Crippen LogP contribution in [0.4, 0.5) is 10.8 Å². The van der Waals surface area contributed by atoms with Crippen molar-refractivity contribution >= 4 is 51.6 Å². The van der Waals surface area contributed by atoms with Crippen LogP contribution >= 0.6 is 23.1 Å². The molecule has 3 aromatic rings. The van der Waals surface area contributed by atoms with Crippen LogP contribution in [0, 0.1) is 11.3 Å². The largest absolute Gasteiger partial charge is 0.478 e. The van der Waals surface area contributed by atoms with Crippen molar-refractivity contribution < 1.29 is 19.5 Å². The van der Waals surface area contributed by atoms with Gasteiger partial charge in [-0.1, -0.05) is 67.3 Å². The summed E-state index contributed by atoms with van der Waals surface area (Å²) in [5, 5.41) is 31.0. The highest BCUT2D eigenvalue weighted by Gasteiger charge is 2.41. The number of Topliss-reactive ketones (excluding diaryl/α,β-unsaturated/α-hetero) is 1. The van der Waals surface area contributed by atoms with Gasteiger partial charge in [0, 0.05) is 23.4 Å². The Bertz CT molecular complexity index is 1670. The number of anilines is 2. The van der Waals surface area contributed by atoms with Crippen LogP contribution in [0.5, 0.6) is 0 Å². The molecule has 5 rings (SSSR count). The molecule has 1 aliphatic carbocycles. The molecular formula is C30H28N6O4S2. The molecule has 0 radical (unpaired) electrons. The number of hydrogen-bond donors (Lipinski definition) is 3. The number of hydrogen-bond acceptors (Lipinski definition) is 10. The predicted octanol–water partition coefficient (Wildman–Crippen LogP) is 5.40. The summed E-state index contributed by atoms with van der Waals surface area (Å²) in [4.78, 5) is 38.7. The van der Waals surface area contributed by atoms with Crippen molar-refractivity contribution in [2.45, 2.75) is 49.3 Å². The number of aromatic carboxylic acids is 1. The monoisotopic (exact) mass is 600 g/mol. The number of thioether (sulfide) groups is 1. The summed E-state index contributed by atoms with van der Waals surface area (Å²) in [6, 6.07) is 16.2. The number of carboxylic acids is 1. The van der Waals surface area contributed by atoms with E-state index in [0.29, 0.717) is 45.9 Å². The molecule has 0 saturated heterocycles. The van der Waals surface area contributed by atoms with E-state index in [0.717, 1.165) is 16.8 Å². The molecule has 2 aromatic carbocycles. The van der Waals surface area contributed by atoms with Gasteiger partial charge in [0.25, 0.3) is 0 Å². The maximum Gasteiger partial charge on any atom is 0.335 e. The first-order chi connectivity index (χ1) is 20.2. The van der Waals surface area contributed by atoms with Gasteiger partial charge in [-0.2, -0.15) is 5.26 Å². The first-order valence-electron chi connectivity index (χ1n) is 13.3. The Morgan fingerprint density at radius 1 is 1.21 bits per heavy atom. The molecule has 4 N–H and O–H groups in total. The van der Waals surface area contributed by atoms with Gasteiger partial charge in [0.05, 0.1) is 28.9 Å². The minimum absolute atomic E-state index is 0.0119. The highest BCUT2D eigenvalue weighted by Crippen LogP contribution is 2.47. The zero-order valence-corrected chi connectivity index (χ0v) is 24.6. The second-order valence-corrected chi connectivity index (χ2v) is 12.4. The van der Waals surface area contributed by atoms with E-state index in [4.69, 9.17) is 10.8 Å². The Labute approximate surface area is 250 Å². The Morgan fingerprint density at radius 2 is 1.98 bits per heavy atom. The van der Waals surface area contributed by atoms with Crippen LogP contribution in [0.2, 0.25) is 0 Å². The van der Waals surface area contributed by atoms with Gasteiger partial charge in [0.15, 0.2) is 10.1 Å². The van der Waals surface area contributed by atoms with Crippen LogP contribution < -0.4 is 16.0 Å². The molecule has 2 heterocycles. The van der Waals surface area contributed by atoms with E-state index >= 15 is 0 Å².